The van der Waals surface area contributed by atoms with Crippen molar-refractivity contribution in [2.45, 2.75) is 38.0 Å². The van der Waals surface area contributed by atoms with Crippen LogP contribution in [0.5, 0.6) is 0 Å². The average Bonchev–Trinajstić information content (AvgIpc) is 3.42. The normalized spacial score (nSPS) is 18.5. The first kappa shape index (κ1) is 21.7. The van der Waals surface area contributed by atoms with Crippen molar-refractivity contribution in [1.29, 1.82) is 0 Å². The number of nitrogens with one attached hydrogen (secondary N) is 2. The third kappa shape index (κ3) is 5.96. The molecule has 0 bridgehead atoms. The number of hydrogen-bond donors (Lipinski definition) is 2. The highest BCUT2D eigenvalue weighted by atomic mass is 127. The standard InChI is InChI=1S/C20H28BrN3O.HI/c1-2-22-19(23-12-7-16-8-13-25-14-9-16)24-15-20(10-11-20)17-5-3-4-6-18(17)21;/h3-6,8H,2,7,9-15H2,1H3,(H2,22,23,24);1H. The second kappa shape index (κ2) is 10.7. The Morgan fingerprint density at radius 3 is 2.73 bits per heavy atom. The minimum atomic E-state index is 0. The quantitative estimate of drug-likeness (QED) is 0.236. The highest BCUT2D eigenvalue weighted by Gasteiger charge is 2.45. The van der Waals surface area contributed by atoms with Crippen LogP contribution in [-0.4, -0.2) is 38.8 Å². The van der Waals surface area contributed by atoms with Gasteiger partial charge in [-0.2, -0.15) is 0 Å². The van der Waals surface area contributed by atoms with E-state index in [0.29, 0.717) is 0 Å². The Morgan fingerprint density at radius 2 is 2.08 bits per heavy atom. The van der Waals surface area contributed by atoms with Gasteiger partial charge in [0.15, 0.2) is 5.96 Å². The molecule has 2 N–H and O–H groups in total. The summed E-state index contributed by atoms with van der Waals surface area (Å²) in [5.74, 6) is 0.925. The Balaban J connectivity index is 0.00000243. The lowest BCUT2D eigenvalue weighted by Gasteiger charge is -2.18. The van der Waals surface area contributed by atoms with Crippen LogP contribution < -0.4 is 10.6 Å². The van der Waals surface area contributed by atoms with Crippen molar-refractivity contribution in [3.63, 3.8) is 0 Å². The topological polar surface area (TPSA) is 45.7 Å². The van der Waals surface area contributed by atoms with E-state index >= 15 is 0 Å². The van der Waals surface area contributed by atoms with Gasteiger partial charge >= 0.3 is 0 Å². The van der Waals surface area contributed by atoms with Crippen LogP contribution in [0.4, 0.5) is 0 Å². The Kier molecular flexibility index (Phi) is 8.90. The van der Waals surface area contributed by atoms with Gasteiger partial charge in [0.1, 0.15) is 0 Å². The maximum Gasteiger partial charge on any atom is 0.191 e. The molecule has 3 rings (SSSR count). The van der Waals surface area contributed by atoms with E-state index in [2.05, 4.69) is 63.8 Å². The van der Waals surface area contributed by atoms with Gasteiger partial charge in [0.05, 0.1) is 19.8 Å². The zero-order chi connectivity index (χ0) is 17.5. The molecule has 0 saturated heterocycles. The average molecular weight is 534 g/mol. The Labute approximate surface area is 182 Å². The molecule has 1 aliphatic carbocycles. The third-order valence-electron chi connectivity index (χ3n) is 4.98. The van der Waals surface area contributed by atoms with Gasteiger partial charge < -0.3 is 15.4 Å². The van der Waals surface area contributed by atoms with Gasteiger partial charge in [-0.3, -0.25) is 4.99 Å². The third-order valence-corrected chi connectivity index (χ3v) is 5.67. The number of benzene rings is 1. The van der Waals surface area contributed by atoms with E-state index in [1.807, 2.05) is 0 Å². The number of nitrogens with zero attached hydrogens (tertiary/aromatic N) is 1. The second-order valence-electron chi connectivity index (χ2n) is 6.82. The molecule has 1 saturated carbocycles. The molecule has 0 aromatic heterocycles. The van der Waals surface area contributed by atoms with Crippen molar-refractivity contribution in [2.24, 2.45) is 4.99 Å². The monoisotopic (exact) mass is 533 g/mol. The minimum absolute atomic E-state index is 0. The molecular weight excluding hydrogens is 505 g/mol. The maximum atomic E-state index is 5.36. The van der Waals surface area contributed by atoms with Gasteiger partial charge in [-0.15, -0.1) is 24.0 Å². The molecule has 0 atom stereocenters. The van der Waals surface area contributed by atoms with Crippen molar-refractivity contribution in [2.75, 3.05) is 32.8 Å². The number of rotatable bonds is 7. The van der Waals surface area contributed by atoms with Crippen LogP contribution in [0.25, 0.3) is 0 Å². The van der Waals surface area contributed by atoms with E-state index < -0.39 is 0 Å². The first-order valence-corrected chi connectivity index (χ1v) is 10.1. The summed E-state index contributed by atoms with van der Waals surface area (Å²) in [6.07, 6.45) is 6.75. The van der Waals surface area contributed by atoms with E-state index in [4.69, 9.17) is 9.73 Å². The molecule has 26 heavy (non-hydrogen) atoms. The summed E-state index contributed by atoms with van der Waals surface area (Å²) in [6, 6.07) is 8.55. The van der Waals surface area contributed by atoms with Gasteiger partial charge in [0.25, 0.3) is 0 Å². The van der Waals surface area contributed by atoms with E-state index in [0.717, 1.165) is 51.6 Å². The molecule has 4 nitrogen and oxygen atoms in total. The lowest BCUT2D eigenvalue weighted by atomic mass is 9.96. The maximum absolute atomic E-state index is 5.36. The highest BCUT2D eigenvalue weighted by Crippen LogP contribution is 2.50. The molecule has 1 aromatic rings. The number of guanidine groups is 1. The minimum Gasteiger partial charge on any atom is -0.377 e. The molecule has 0 amide bonds. The molecule has 1 aliphatic heterocycles. The lowest BCUT2D eigenvalue weighted by Crippen LogP contribution is -2.38. The van der Waals surface area contributed by atoms with Crippen molar-refractivity contribution in [3.05, 3.63) is 46.0 Å². The summed E-state index contributed by atoms with van der Waals surface area (Å²) in [6.45, 7) is 6.36. The van der Waals surface area contributed by atoms with E-state index in [-0.39, 0.29) is 29.4 Å². The molecule has 0 unspecified atom stereocenters. The Morgan fingerprint density at radius 1 is 1.27 bits per heavy atom. The lowest BCUT2D eigenvalue weighted by molar-refractivity contribution is 0.153. The summed E-state index contributed by atoms with van der Waals surface area (Å²) >= 11 is 3.70. The van der Waals surface area contributed by atoms with Crippen LogP contribution in [0.1, 0.15) is 38.2 Å². The zero-order valence-corrected chi connectivity index (χ0v) is 19.3. The number of ether oxygens (including phenoxy) is 1. The predicted octanol–water partition coefficient (Wildman–Crippen LogP) is 4.39. The van der Waals surface area contributed by atoms with Crippen molar-refractivity contribution >= 4 is 45.9 Å². The smallest absolute Gasteiger partial charge is 0.191 e. The summed E-state index contributed by atoms with van der Waals surface area (Å²) in [5.41, 5.74) is 3.09. The fourth-order valence-corrected chi connectivity index (χ4v) is 3.97. The molecular formula is C20H29BrIN3O. The SMILES string of the molecule is CCNC(=NCC1(c2ccccc2Br)CC1)NCCC1=CCOCC1.I. The van der Waals surface area contributed by atoms with Gasteiger partial charge in [0.2, 0.25) is 0 Å². The van der Waals surface area contributed by atoms with Crippen LogP contribution in [0.2, 0.25) is 0 Å². The van der Waals surface area contributed by atoms with Gasteiger partial charge in [-0.25, -0.2) is 0 Å². The molecule has 1 heterocycles. The summed E-state index contributed by atoms with van der Waals surface area (Å²) in [5, 5.41) is 6.85. The van der Waals surface area contributed by atoms with Crippen molar-refractivity contribution in [1.82, 2.24) is 10.6 Å². The van der Waals surface area contributed by atoms with Crippen molar-refractivity contribution < 1.29 is 4.74 Å². The van der Waals surface area contributed by atoms with Gasteiger partial charge in [-0.05, 0) is 44.2 Å². The highest BCUT2D eigenvalue weighted by molar-refractivity contribution is 14.0. The van der Waals surface area contributed by atoms with Crippen LogP contribution in [0.3, 0.4) is 0 Å². The number of aliphatic imine (C=N–C) groups is 1. The van der Waals surface area contributed by atoms with Crippen LogP contribution in [-0.2, 0) is 10.2 Å². The van der Waals surface area contributed by atoms with Crippen LogP contribution in [0, 0.1) is 0 Å². The molecule has 1 aromatic carbocycles. The molecule has 6 heteroatoms. The van der Waals surface area contributed by atoms with E-state index in [1.54, 1.807) is 0 Å². The Bertz CT molecular complexity index is 644. The number of hydrogen-bond acceptors (Lipinski definition) is 2. The largest absolute Gasteiger partial charge is 0.377 e. The zero-order valence-electron chi connectivity index (χ0n) is 15.4. The second-order valence-corrected chi connectivity index (χ2v) is 7.67. The Hall–Kier alpha value is -0.600. The van der Waals surface area contributed by atoms with Crippen molar-refractivity contribution in [3.8, 4) is 0 Å². The van der Waals surface area contributed by atoms with Gasteiger partial charge in [0, 0.05) is 23.0 Å². The summed E-state index contributed by atoms with van der Waals surface area (Å²) < 4.78 is 6.56. The molecule has 1 fully saturated rings. The van der Waals surface area contributed by atoms with Crippen LogP contribution >= 0.6 is 39.9 Å². The molecule has 2 aliphatic rings. The molecule has 0 radical (unpaired) electrons. The fraction of sp³-hybridized carbons (Fsp3) is 0.550. The predicted molar refractivity (Wildman–Crippen MR) is 123 cm³/mol. The molecule has 0 spiro atoms. The molecule has 144 valence electrons. The van der Waals surface area contributed by atoms with Crippen LogP contribution in [0.15, 0.2) is 45.4 Å². The van der Waals surface area contributed by atoms with Gasteiger partial charge in [-0.1, -0.05) is 45.8 Å². The summed E-state index contributed by atoms with van der Waals surface area (Å²) in [4.78, 5) is 4.88. The first-order valence-electron chi connectivity index (χ1n) is 9.26. The summed E-state index contributed by atoms with van der Waals surface area (Å²) in [7, 11) is 0. The fourth-order valence-electron chi connectivity index (χ4n) is 3.26. The van der Waals surface area contributed by atoms with E-state index in [1.165, 1.54) is 28.5 Å². The number of halogens is 2. The first-order chi connectivity index (χ1) is 12.2. The van der Waals surface area contributed by atoms with E-state index in [9.17, 15) is 0 Å².